The molecule has 0 heterocycles. The normalized spacial score (nSPS) is 10.6. The van der Waals surface area contributed by atoms with E-state index in [1.165, 1.54) is 11.1 Å². The van der Waals surface area contributed by atoms with Crippen molar-refractivity contribution in [1.82, 2.24) is 0 Å². The standard InChI is InChI=1S/C13H14O2/c1-8-6-10-11(7-9(8)2)13(15-3)5-4-12(10)14/h4-7,14H,1-3H3. The Morgan fingerprint density at radius 2 is 1.60 bits per heavy atom. The number of hydrogen-bond acceptors (Lipinski definition) is 2. The van der Waals surface area contributed by atoms with Crippen molar-refractivity contribution in [1.29, 1.82) is 0 Å². The van der Waals surface area contributed by atoms with Crippen molar-refractivity contribution in [2.24, 2.45) is 0 Å². The Morgan fingerprint density at radius 1 is 1.00 bits per heavy atom. The van der Waals surface area contributed by atoms with E-state index < -0.39 is 0 Å². The number of phenolic OH excluding ortho intramolecular Hbond substituents is 1. The van der Waals surface area contributed by atoms with E-state index in [4.69, 9.17) is 4.74 Å². The summed E-state index contributed by atoms with van der Waals surface area (Å²) in [5.41, 5.74) is 2.37. The van der Waals surface area contributed by atoms with Gasteiger partial charge in [0.25, 0.3) is 0 Å². The average Bonchev–Trinajstić information content (AvgIpc) is 2.22. The number of hydrogen-bond donors (Lipinski definition) is 1. The molecule has 0 fully saturated rings. The van der Waals surface area contributed by atoms with Crippen LogP contribution in [0.3, 0.4) is 0 Å². The third kappa shape index (κ3) is 1.52. The molecule has 0 atom stereocenters. The van der Waals surface area contributed by atoms with Crippen molar-refractivity contribution >= 4 is 10.8 Å². The molecule has 0 saturated carbocycles. The maximum Gasteiger partial charge on any atom is 0.126 e. The lowest BCUT2D eigenvalue weighted by molar-refractivity contribution is 0.418. The molecule has 0 aliphatic carbocycles. The highest BCUT2D eigenvalue weighted by Gasteiger charge is 2.07. The Bertz CT molecular complexity index is 515. The Balaban J connectivity index is 2.88. The Hall–Kier alpha value is -1.70. The molecule has 0 bridgehead atoms. The van der Waals surface area contributed by atoms with Crippen LogP contribution in [0, 0.1) is 13.8 Å². The van der Waals surface area contributed by atoms with Crippen LogP contribution < -0.4 is 4.74 Å². The molecular formula is C13H14O2. The lowest BCUT2D eigenvalue weighted by Gasteiger charge is -2.09. The van der Waals surface area contributed by atoms with Gasteiger partial charge >= 0.3 is 0 Å². The van der Waals surface area contributed by atoms with Gasteiger partial charge in [0.2, 0.25) is 0 Å². The number of aryl methyl sites for hydroxylation is 2. The summed E-state index contributed by atoms with van der Waals surface area (Å²) in [6.45, 7) is 4.09. The molecule has 0 spiro atoms. The fraction of sp³-hybridized carbons (Fsp3) is 0.231. The van der Waals surface area contributed by atoms with Gasteiger partial charge in [0.1, 0.15) is 11.5 Å². The summed E-state index contributed by atoms with van der Waals surface area (Å²) in [6.07, 6.45) is 0. The molecule has 0 aliphatic rings. The van der Waals surface area contributed by atoms with Crippen molar-refractivity contribution in [2.75, 3.05) is 7.11 Å². The van der Waals surface area contributed by atoms with E-state index in [2.05, 4.69) is 6.92 Å². The van der Waals surface area contributed by atoms with Gasteiger partial charge in [-0.2, -0.15) is 0 Å². The minimum atomic E-state index is 0.300. The quantitative estimate of drug-likeness (QED) is 0.769. The Labute approximate surface area is 89.1 Å². The predicted octanol–water partition coefficient (Wildman–Crippen LogP) is 3.17. The number of methoxy groups -OCH3 is 1. The van der Waals surface area contributed by atoms with Gasteiger partial charge < -0.3 is 9.84 Å². The monoisotopic (exact) mass is 202 g/mol. The molecule has 2 nitrogen and oxygen atoms in total. The summed E-state index contributed by atoms with van der Waals surface area (Å²) >= 11 is 0. The summed E-state index contributed by atoms with van der Waals surface area (Å²) in [4.78, 5) is 0. The van der Waals surface area contributed by atoms with Gasteiger partial charge in [-0.1, -0.05) is 0 Å². The molecule has 2 rings (SSSR count). The maximum atomic E-state index is 9.75. The van der Waals surface area contributed by atoms with Crippen molar-refractivity contribution in [3.05, 3.63) is 35.4 Å². The minimum Gasteiger partial charge on any atom is -0.507 e. The lowest BCUT2D eigenvalue weighted by atomic mass is 10.0. The second-order valence-electron chi connectivity index (χ2n) is 3.77. The summed E-state index contributed by atoms with van der Waals surface area (Å²) in [6, 6.07) is 7.48. The summed E-state index contributed by atoms with van der Waals surface area (Å²) in [5, 5.41) is 11.6. The number of aromatic hydroxyl groups is 1. The minimum absolute atomic E-state index is 0.300. The molecule has 2 heteroatoms. The van der Waals surface area contributed by atoms with Crippen LogP contribution in [-0.2, 0) is 0 Å². The molecular weight excluding hydrogens is 188 g/mol. The van der Waals surface area contributed by atoms with E-state index in [-0.39, 0.29) is 0 Å². The van der Waals surface area contributed by atoms with Gasteiger partial charge in [-0.25, -0.2) is 0 Å². The van der Waals surface area contributed by atoms with Crippen LogP contribution in [0.25, 0.3) is 10.8 Å². The average molecular weight is 202 g/mol. The second kappa shape index (κ2) is 3.46. The first-order valence-corrected chi connectivity index (χ1v) is 4.90. The molecule has 1 N–H and O–H groups in total. The highest BCUT2D eigenvalue weighted by Crippen LogP contribution is 2.33. The third-order valence-corrected chi connectivity index (χ3v) is 2.79. The van der Waals surface area contributed by atoms with E-state index >= 15 is 0 Å². The highest BCUT2D eigenvalue weighted by atomic mass is 16.5. The van der Waals surface area contributed by atoms with E-state index in [0.29, 0.717) is 5.75 Å². The molecule has 0 amide bonds. The smallest absolute Gasteiger partial charge is 0.126 e. The number of fused-ring (bicyclic) bond motifs is 1. The van der Waals surface area contributed by atoms with Crippen LogP contribution >= 0.6 is 0 Å². The number of benzene rings is 2. The predicted molar refractivity (Wildman–Crippen MR) is 61.6 cm³/mol. The SMILES string of the molecule is COc1ccc(O)c2cc(C)c(C)cc12. The molecule has 78 valence electrons. The van der Waals surface area contributed by atoms with Gasteiger partial charge in [-0.05, 0) is 49.2 Å². The molecule has 0 radical (unpaired) electrons. The lowest BCUT2D eigenvalue weighted by Crippen LogP contribution is -1.88. The molecule has 2 aromatic rings. The van der Waals surface area contributed by atoms with Gasteiger partial charge in [0.05, 0.1) is 7.11 Å². The van der Waals surface area contributed by atoms with Crippen LogP contribution in [0.2, 0.25) is 0 Å². The Kier molecular flexibility index (Phi) is 2.27. The summed E-state index contributed by atoms with van der Waals surface area (Å²) in [7, 11) is 1.64. The van der Waals surface area contributed by atoms with Crippen LogP contribution in [0.1, 0.15) is 11.1 Å². The zero-order chi connectivity index (χ0) is 11.0. The van der Waals surface area contributed by atoms with Gasteiger partial charge in [0.15, 0.2) is 0 Å². The summed E-state index contributed by atoms with van der Waals surface area (Å²) in [5.74, 6) is 1.10. The van der Waals surface area contributed by atoms with Crippen LogP contribution in [0.5, 0.6) is 11.5 Å². The van der Waals surface area contributed by atoms with Crippen molar-refractivity contribution in [2.45, 2.75) is 13.8 Å². The first-order chi connectivity index (χ1) is 7.13. The molecule has 0 aliphatic heterocycles. The van der Waals surface area contributed by atoms with Crippen molar-refractivity contribution in [3.8, 4) is 11.5 Å². The van der Waals surface area contributed by atoms with Crippen molar-refractivity contribution in [3.63, 3.8) is 0 Å². The van der Waals surface area contributed by atoms with Crippen LogP contribution in [0.4, 0.5) is 0 Å². The van der Waals surface area contributed by atoms with Crippen LogP contribution in [-0.4, -0.2) is 12.2 Å². The summed E-state index contributed by atoms with van der Waals surface area (Å²) < 4.78 is 5.27. The third-order valence-electron chi connectivity index (χ3n) is 2.79. The Morgan fingerprint density at radius 3 is 2.20 bits per heavy atom. The first-order valence-electron chi connectivity index (χ1n) is 4.90. The second-order valence-corrected chi connectivity index (χ2v) is 3.77. The van der Waals surface area contributed by atoms with Crippen molar-refractivity contribution < 1.29 is 9.84 Å². The fourth-order valence-corrected chi connectivity index (χ4v) is 1.74. The van der Waals surface area contributed by atoms with E-state index in [0.717, 1.165) is 16.5 Å². The molecule has 0 saturated heterocycles. The van der Waals surface area contributed by atoms with Crippen LogP contribution in [0.15, 0.2) is 24.3 Å². The fourth-order valence-electron chi connectivity index (χ4n) is 1.74. The van der Waals surface area contributed by atoms with Gasteiger partial charge in [-0.15, -0.1) is 0 Å². The van der Waals surface area contributed by atoms with E-state index in [1.807, 2.05) is 19.1 Å². The number of phenols is 1. The van der Waals surface area contributed by atoms with Gasteiger partial charge in [-0.3, -0.25) is 0 Å². The number of ether oxygens (including phenoxy) is 1. The molecule has 0 unspecified atom stereocenters. The number of rotatable bonds is 1. The molecule has 15 heavy (non-hydrogen) atoms. The van der Waals surface area contributed by atoms with E-state index in [1.54, 1.807) is 19.2 Å². The largest absolute Gasteiger partial charge is 0.507 e. The first kappa shape index (κ1) is 9.84. The zero-order valence-corrected chi connectivity index (χ0v) is 9.16. The zero-order valence-electron chi connectivity index (χ0n) is 9.16. The van der Waals surface area contributed by atoms with E-state index in [9.17, 15) is 5.11 Å². The van der Waals surface area contributed by atoms with Gasteiger partial charge in [0, 0.05) is 10.8 Å². The topological polar surface area (TPSA) is 29.5 Å². The highest BCUT2D eigenvalue weighted by molar-refractivity contribution is 5.94. The maximum absolute atomic E-state index is 9.75. The molecule has 0 aromatic heterocycles. The molecule has 2 aromatic carbocycles.